The number of rotatable bonds is 16. The van der Waals surface area contributed by atoms with Crippen molar-refractivity contribution < 1.29 is 51.0 Å². The first-order valence-corrected chi connectivity index (χ1v) is 16.7. The number of aliphatic carboxylic acids is 1. The molecule has 1 saturated heterocycles. The summed E-state index contributed by atoms with van der Waals surface area (Å²) in [7, 11) is -3.18. The van der Waals surface area contributed by atoms with Gasteiger partial charge < -0.3 is 31.9 Å². The molecular formula is C27H34ClN8O10S2+. The van der Waals surface area contributed by atoms with Crippen molar-refractivity contribution in [3.05, 3.63) is 40.5 Å². The molecular weight excluding hydrogens is 696 g/mol. The number of benzene rings is 1. The largest absolute Gasteiger partial charge is 0.489 e. The Hall–Kier alpha value is -4.34. The smallest absolute Gasteiger partial charge is 0.418 e. The molecule has 3 aromatic rings. The van der Waals surface area contributed by atoms with Gasteiger partial charge in [0.25, 0.3) is 12.0 Å². The lowest BCUT2D eigenvalue weighted by molar-refractivity contribution is -0.772. The summed E-state index contributed by atoms with van der Waals surface area (Å²) in [6.07, 6.45) is 0.401. The van der Waals surface area contributed by atoms with Gasteiger partial charge in [0.1, 0.15) is 22.4 Å². The van der Waals surface area contributed by atoms with E-state index in [1.165, 1.54) is 13.8 Å². The van der Waals surface area contributed by atoms with Crippen LogP contribution in [0.5, 0.6) is 5.75 Å². The molecule has 48 heavy (non-hydrogen) atoms. The second-order valence-electron chi connectivity index (χ2n) is 11.1. The SMILES string of the molecule is Cn1c(N)c(-c2ccc(OC[C@H](O/N=C(\C(=O)CC3C(=O)N(OS(=O)(=O)O)C3(C)C)c3nc(N)sc3Cl)C(=O)O)cc2)c[n+]1CCCN. The zero-order valence-corrected chi connectivity index (χ0v) is 28.3. The minimum absolute atomic E-state index is 0.0347. The van der Waals surface area contributed by atoms with Crippen LogP contribution in [-0.2, 0) is 47.5 Å². The van der Waals surface area contributed by atoms with E-state index >= 15 is 0 Å². The van der Waals surface area contributed by atoms with Gasteiger partial charge in [0.05, 0.1) is 24.1 Å². The number of β-lactam (4-membered cyclic amide) rings is 1. The van der Waals surface area contributed by atoms with Gasteiger partial charge in [0.2, 0.25) is 6.20 Å². The lowest BCUT2D eigenvalue weighted by atomic mass is 9.74. The molecule has 1 aliphatic rings. The van der Waals surface area contributed by atoms with Crippen LogP contribution >= 0.6 is 22.9 Å². The maximum absolute atomic E-state index is 13.4. The molecule has 2 atom stereocenters. The Balaban J connectivity index is 1.49. The molecule has 3 heterocycles. The number of ether oxygens (including phenoxy) is 1. The molecule has 0 saturated carbocycles. The number of carboxylic acid groups (broad SMARTS) is 1. The number of hydroxylamine groups is 2. The van der Waals surface area contributed by atoms with Crippen LogP contribution in [0.4, 0.5) is 10.9 Å². The first kappa shape index (κ1) is 36.5. The molecule has 1 unspecified atom stereocenters. The number of hydrogen-bond donors (Lipinski definition) is 5. The van der Waals surface area contributed by atoms with E-state index < -0.39 is 64.4 Å². The zero-order valence-electron chi connectivity index (χ0n) is 25.9. The number of ketones is 1. The Morgan fingerprint density at radius 3 is 2.46 bits per heavy atom. The number of aromatic nitrogens is 3. The minimum atomic E-state index is -5.02. The average molecular weight is 730 g/mol. The molecule has 4 rings (SSSR count). The van der Waals surface area contributed by atoms with E-state index in [0.29, 0.717) is 29.7 Å². The van der Waals surface area contributed by atoms with Gasteiger partial charge in [-0.2, -0.15) is 13.5 Å². The standard InChI is InChI=1S/C27H33ClN8O10S2/c1-27(2)17(24(38)36(27)46-48(41,42)43)11-18(37)20(21-22(28)47-26(31)32-21)33-45-19(25(39)40)13-44-15-7-5-14(6-8-15)16-12-35(10-4-9-29)34(3)23(16)30/h5-8,12,17,19,30H,4,9-11,13,29H2,1-3H3,(H4,31,32,39,40,41,42,43)/p+1/b33-20+/t17?,19-/m0/s1. The monoisotopic (exact) mass is 729 g/mol. The number of nitrogen functional groups attached to an aromatic ring is 2. The van der Waals surface area contributed by atoms with Gasteiger partial charge in [0.15, 0.2) is 29.0 Å². The number of carbonyl (C=O) groups is 3. The predicted octanol–water partition coefficient (Wildman–Crippen LogP) is 0.786. The summed E-state index contributed by atoms with van der Waals surface area (Å²) in [5.41, 5.74) is 17.1. The Bertz CT molecular complexity index is 1840. The zero-order chi connectivity index (χ0) is 35.6. The van der Waals surface area contributed by atoms with Crippen LogP contribution in [0.1, 0.15) is 32.4 Å². The summed E-state index contributed by atoms with van der Waals surface area (Å²) in [5, 5.41) is 13.9. The van der Waals surface area contributed by atoms with E-state index in [1.807, 2.05) is 22.6 Å². The maximum atomic E-state index is 13.4. The van der Waals surface area contributed by atoms with Gasteiger partial charge in [-0.15, -0.1) is 13.6 Å². The fourth-order valence-corrected chi connectivity index (χ4v) is 6.19. The van der Waals surface area contributed by atoms with Crippen molar-refractivity contribution >= 4 is 67.7 Å². The molecule has 18 nitrogen and oxygen atoms in total. The molecule has 1 fully saturated rings. The van der Waals surface area contributed by atoms with Crippen molar-refractivity contribution in [2.24, 2.45) is 23.9 Å². The van der Waals surface area contributed by atoms with Gasteiger partial charge in [-0.05, 0) is 38.1 Å². The number of nitrogens with two attached hydrogens (primary N) is 3. The van der Waals surface area contributed by atoms with E-state index in [2.05, 4.69) is 14.4 Å². The highest BCUT2D eigenvalue weighted by Crippen LogP contribution is 2.41. The molecule has 260 valence electrons. The number of hydrogen-bond acceptors (Lipinski definition) is 14. The van der Waals surface area contributed by atoms with Gasteiger partial charge in [0, 0.05) is 12.8 Å². The van der Waals surface area contributed by atoms with Crippen molar-refractivity contribution in [1.82, 2.24) is 14.7 Å². The van der Waals surface area contributed by atoms with E-state index in [9.17, 15) is 27.9 Å². The highest BCUT2D eigenvalue weighted by molar-refractivity contribution is 7.80. The molecule has 8 N–H and O–H groups in total. The summed E-state index contributed by atoms with van der Waals surface area (Å²) in [6, 6.07) is 6.74. The van der Waals surface area contributed by atoms with Crippen LogP contribution in [-0.4, -0.2) is 81.0 Å². The summed E-state index contributed by atoms with van der Waals surface area (Å²) < 4.78 is 44.9. The number of Topliss-reactive ketones (excluding diaryl/α,β-unsaturated/α-hetero) is 1. The van der Waals surface area contributed by atoms with Gasteiger partial charge in [-0.25, -0.2) is 9.78 Å². The average Bonchev–Trinajstić information content (AvgIpc) is 3.50. The molecule has 0 aliphatic carbocycles. The number of anilines is 2. The van der Waals surface area contributed by atoms with E-state index in [1.54, 1.807) is 24.3 Å². The third-order valence-corrected chi connectivity index (χ3v) is 8.94. The summed E-state index contributed by atoms with van der Waals surface area (Å²) in [5.74, 6) is -3.53. The van der Waals surface area contributed by atoms with Crippen molar-refractivity contribution in [2.75, 3.05) is 24.6 Å². The minimum Gasteiger partial charge on any atom is -0.489 e. The summed E-state index contributed by atoms with van der Waals surface area (Å²) >= 11 is 7.02. The Morgan fingerprint density at radius 2 is 1.92 bits per heavy atom. The highest BCUT2D eigenvalue weighted by Gasteiger charge is 2.57. The van der Waals surface area contributed by atoms with Crippen LogP contribution < -0.4 is 26.6 Å². The topological polar surface area (TPSA) is 269 Å². The van der Waals surface area contributed by atoms with E-state index in [0.717, 1.165) is 28.9 Å². The number of carbonyl (C=O) groups excluding carboxylic acids is 2. The van der Waals surface area contributed by atoms with Gasteiger partial charge in [-0.3, -0.25) is 14.1 Å². The van der Waals surface area contributed by atoms with Gasteiger partial charge >= 0.3 is 16.4 Å². The number of amides is 1. The summed E-state index contributed by atoms with van der Waals surface area (Å²) in [4.78, 5) is 47.3. The van der Waals surface area contributed by atoms with E-state index in [-0.39, 0.29) is 15.2 Å². The Labute approximate surface area is 283 Å². The second kappa shape index (κ2) is 14.4. The Kier molecular flexibility index (Phi) is 11.0. The molecule has 2 aromatic heterocycles. The van der Waals surface area contributed by atoms with Crippen molar-refractivity contribution in [3.8, 4) is 16.9 Å². The van der Waals surface area contributed by atoms with Crippen LogP contribution in [0, 0.1) is 5.92 Å². The number of carboxylic acids is 1. The normalized spacial score (nSPS) is 16.8. The van der Waals surface area contributed by atoms with Crippen LogP contribution in [0.15, 0.2) is 35.6 Å². The first-order chi connectivity index (χ1) is 22.4. The third-order valence-electron chi connectivity index (χ3n) is 7.52. The van der Waals surface area contributed by atoms with Crippen LogP contribution in [0.25, 0.3) is 11.1 Å². The van der Waals surface area contributed by atoms with Crippen molar-refractivity contribution in [3.63, 3.8) is 0 Å². The van der Waals surface area contributed by atoms with Crippen LogP contribution in [0.3, 0.4) is 0 Å². The van der Waals surface area contributed by atoms with E-state index in [4.69, 9.17) is 42.9 Å². The second-order valence-corrected chi connectivity index (χ2v) is 13.7. The van der Waals surface area contributed by atoms with Crippen molar-refractivity contribution in [2.45, 2.75) is 44.9 Å². The fraction of sp³-hybridized carbons (Fsp3) is 0.407. The molecule has 0 spiro atoms. The molecule has 0 bridgehead atoms. The highest BCUT2D eigenvalue weighted by atomic mass is 35.5. The van der Waals surface area contributed by atoms with Crippen LogP contribution in [0.2, 0.25) is 4.34 Å². The number of thiazole rings is 1. The number of halogens is 1. The number of nitrogens with zero attached hydrogens (tertiary/aromatic N) is 5. The number of aryl methyl sites for hydroxylation is 1. The molecule has 1 aromatic carbocycles. The predicted molar refractivity (Wildman–Crippen MR) is 172 cm³/mol. The summed E-state index contributed by atoms with van der Waals surface area (Å²) in [6.45, 7) is 3.49. The first-order valence-electron chi connectivity index (χ1n) is 14.2. The quantitative estimate of drug-likeness (QED) is 0.0449. The molecule has 21 heteroatoms. The third kappa shape index (κ3) is 8.02. The number of oxime groups is 1. The lowest BCUT2D eigenvalue weighted by Crippen LogP contribution is -2.68. The fourth-order valence-electron chi connectivity index (χ4n) is 4.81. The van der Waals surface area contributed by atoms with Gasteiger partial charge in [-0.1, -0.05) is 40.2 Å². The lowest BCUT2D eigenvalue weighted by Gasteiger charge is -2.50. The molecule has 0 radical (unpaired) electrons. The molecule has 1 aliphatic heterocycles. The van der Waals surface area contributed by atoms with Crippen molar-refractivity contribution in [1.29, 1.82) is 0 Å². The maximum Gasteiger partial charge on any atom is 0.418 e. The Morgan fingerprint density at radius 1 is 1.25 bits per heavy atom. The molecule has 1 amide bonds.